The Hall–Kier alpha value is -4.60. The summed E-state index contributed by atoms with van der Waals surface area (Å²) in [5, 5.41) is 8.49. The molecular formula is C46H44P2+2. The van der Waals surface area contributed by atoms with Gasteiger partial charge in [0.1, 0.15) is 46.4 Å². The van der Waals surface area contributed by atoms with E-state index in [2.05, 4.69) is 220 Å². The van der Waals surface area contributed by atoms with E-state index in [-0.39, 0.29) is 0 Å². The normalized spacial score (nSPS) is 12.7. The number of allylic oxidation sites excluding steroid dienone is 6. The molecule has 0 aliphatic carbocycles. The van der Waals surface area contributed by atoms with Gasteiger partial charge in [-0.2, -0.15) is 0 Å². The predicted octanol–water partition coefficient (Wildman–Crippen LogP) is 9.42. The Morgan fingerprint density at radius 1 is 0.333 bits per heavy atom. The molecule has 0 saturated heterocycles. The second-order valence-electron chi connectivity index (χ2n) is 12.4. The van der Waals surface area contributed by atoms with Crippen molar-refractivity contribution in [2.75, 3.05) is 12.3 Å². The lowest BCUT2D eigenvalue weighted by atomic mass is 10.2. The van der Waals surface area contributed by atoms with Gasteiger partial charge in [0.2, 0.25) is 0 Å². The molecular weight excluding hydrogens is 614 g/mol. The van der Waals surface area contributed by atoms with Crippen LogP contribution in [0.25, 0.3) is 0 Å². The van der Waals surface area contributed by atoms with Crippen LogP contribution in [0.3, 0.4) is 0 Å². The van der Waals surface area contributed by atoms with Gasteiger partial charge in [0.25, 0.3) is 0 Å². The third-order valence-corrected chi connectivity index (χ3v) is 18.1. The Kier molecular flexibility index (Phi) is 11.1. The highest BCUT2D eigenvalue weighted by Crippen LogP contribution is 2.57. The lowest BCUT2D eigenvalue weighted by molar-refractivity contribution is 1.38. The zero-order valence-electron chi connectivity index (χ0n) is 27.9. The van der Waals surface area contributed by atoms with Gasteiger partial charge in [-0.05, 0) is 97.8 Å². The van der Waals surface area contributed by atoms with Gasteiger partial charge >= 0.3 is 0 Å². The average Bonchev–Trinajstić information content (AvgIpc) is 3.17. The van der Waals surface area contributed by atoms with Crippen molar-refractivity contribution in [3.63, 3.8) is 0 Å². The van der Waals surface area contributed by atoms with Gasteiger partial charge in [0.05, 0.1) is 12.3 Å². The first-order chi connectivity index (χ1) is 23.6. The summed E-state index contributed by atoms with van der Waals surface area (Å²) in [6.07, 6.45) is 11.1. The van der Waals surface area contributed by atoms with Crippen LogP contribution in [-0.2, 0) is 0 Å². The standard InChI is InChI=1S/C46H44P2/c1-39(37-47(41-25-9-3-10-26-41,42-27-11-4-12-28-42)43-29-13-5-14-30-43)23-21-22-24-40(2)38-48(44-31-15-6-16-32-44,45-33-17-7-18-34-45)46-35-19-8-20-36-46/h3-36H,37-38H2,1-2H3/q+2/b22-21+,39-23-,40-24+. The largest absolute Gasteiger partial charge is 0.116 e. The van der Waals surface area contributed by atoms with Crippen molar-refractivity contribution in [1.82, 2.24) is 0 Å². The molecule has 2 heteroatoms. The number of rotatable bonds is 12. The van der Waals surface area contributed by atoms with E-state index < -0.39 is 14.5 Å². The fraction of sp³-hybridized carbons (Fsp3) is 0.0870. The van der Waals surface area contributed by atoms with Crippen molar-refractivity contribution < 1.29 is 0 Å². The molecule has 0 aliphatic heterocycles. The molecule has 0 radical (unpaired) electrons. The van der Waals surface area contributed by atoms with E-state index in [9.17, 15) is 0 Å². The summed E-state index contributed by atoms with van der Waals surface area (Å²) in [5.74, 6) is 0. The van der Waals surface area contributed by atoms with E-state index in [1.807, 2.05) is 0 Å². The predicted molar refractivity (Wildman–Crippen MR) is 217 cm³/mol. The smallest absolute Gasteiger partial charge is 0.0622 e. The Balaban J connectivity index is 1.34. The van der Waals surface area contributed by atoms with Crippen molar-refractivity contribution in [3.8, 4) is 0 Å². The van der Waals surface area contributed by atoms with Crippen molar-refractivity contribution in [3.05, 3.63) is 217 Å². The summed E-state index contributed by atoms with van der Waals surface area (Å²) < 4.78 is 0. The molecule has 0 aromatic heterocycles. The van der Waals surface area contributed by atoms with Crippen LogP contribution in [0.1, 0.15) is 13.8 Å². The third kappa shape index (κ3) is 7.27. The first-order valence-corrected chi connectivity index (χ1v) is 20.7. The van der Waals surface area contributed by atoms with E-state index >= 15 is 0 Å². The van der Waals surface area contributed by atoms with Crippen molar-refractivity contribution in [1.29, 1.82) is 0 Å². The molecule has 236 valence electrons. The highest BCUT2D eigenvalue weighted by Gasteiger charge is 2.46. The lowest BCUT2D eigenvalue weighted by Gasteiger charge is -2.28. The molecule has 6 rings (SSSR count). The molecule has 0 heterocycles. The molecule has 0 nitrogen and oxygen atoms in total. The van der Waals surface area contributed by atoms with E-state index in [1.165, 1.54) is 43.0 Å². The van der Waals surface area contributed by atoms with Gasteiger partial charge in [-0.25, -0.2) is 0 Å². The first-order valence-electron chi connectivity index (χ1n) is 16.7. The van der Waals surface area contributed by atoms with Gasteiger partial charge in [-0.1, -0.05) is 133 Å². The monoisotopic (exact) mass is 658 g/mol. The molecule has 0 fully saturated rings. The Morgan fingerprint density at radius 3 is 0.708 bits per heavy atom. The minimum absolute atomic E-state index is 0.989. The number of hydrogen-bond acceptors (Lipinski definition) is 0. The SMILES string of the molecule is C/C(=C/C=C/C=C(\C)C[P+](c1ccccc1)(c1ccccc1)c1ccccc1)C[P+](c1ccccc1)(c1ccccc1)c1ccccc1. The van der Waals surface area contributed by atoms with Crippen LogP contribution in [0.15, 0.2) is 217 Å². The molecule has 0 atom stereocenters. The van der Waals surface area contributed by atoms with E-state index in [1.54, 1.807) is 0 Å². The Morgan fingerprint density at radius 2 is 0.521 bits per heavy atom. The molecule has 6 aromatic carbocycles. The minimum Gasteiger partial charge on any atom is -0.0622 e. The fourth-order valence-electron chi connectivity index (χ4n) is 6.83. The average molecular weight is 659 g/mol. The lowest BCUT2D eigenvalue weighted by Crippen LogP contribution is -2.33. The second kappa shape index (κ2) is 16.0. The van der Waals surface area contributed by atoms with Crippen LogP contribution in [0.5, 0.6) is 0 Å². The highest BCUT2D eigenvalue weighted by molar-refractivity contribution is 7.96. The van der Waals surface area contributed by atoms with Crippen molar-refractivity contribution in [2.24, 2.45) is 0 Å². The molecule has 0 aliphatic rings. The van der Waals surface area contributed by atoms with Crippen LogP contribution < -0.4 is 31.8 Å². The summed E-state index contributed by atoms with van der Waals surface area (Å²) in [4.78, 5) is 0. The van der Waals surface area contributed by atoms with Crippen molar-refractivity contribution >= 4 is 46.4 Å². The van der Waals surface area contributed by atoms with E-state index in [0.29, 0.717) is 0 Å². The topological polar surface area (TPSA) is 0 Å². The molecule has 0 bridgehead atoms. The Labute approximate surface area is 288 Å². The van der Waals surface area contributed by atoms with Crippen molar-refractivity contribution in [2.45, 2.75) is 13.8 Å². The number of benzene rings is 6. The van der Waals surface area contributed by atoms with E-state index in [0.717, 1.165) is 12.3 Å². The summed E-state index contributed by atoms with van der Waals surface area (Å²) in [5.41, 5.74) is 2.75. The maximum Gasteiger partial charge on any atom is 0.116 e. The molecule has 0 spiro atoms. The molecule has 0 saturated carbocycles. The van der Waals surface area contributed by atoms with Gasteiger partial charge in [-0.3, -0.25) is 0 Å². The van der Waals surface area contributed by atoms with E-state index in [4.69, 9.17) is 0 Å². The zero-order valence-corrected chi connectivity index (χ0v) is 29.7. The van der Waals surface area contributed by atoms with Crippen LogP contribution in [0.2, 0.25) is 0 Å². The molecule has 0 unspecified atom stereocenters. The van der Waals surface area contributed by atoms with Gasteiger partial charge < -0.3 is 0 Å². The van der Waals surface area contributed by atoms with Gasteiger partial charge in [-0.15, -0.1) is 0 Å². The quantitative estimate of drug-likeness (QED) is 0.0908. The summed E-state index contributed by atoms with van der Waals surface area (Å²) >= 11 is 0. The first kappa shape index (κ1) is 33.3. The molecule has 48 heavy (non-hydrogen) atoms. The molecule has 0 amide bonds. The summed E-state index contributed by atoms with van der Waals surface area (Å²) in [6.45, 7) is 4.59. The zero-order chi connectivity index (χ0) is 33.1. The number of hydrogen-bond donors (Lipinski definition) is 0. The fourth-order valence-corrected chi connectivity index (χ4v) is 15.5. The van der Waals surface area contributed by atoms with Gasteiger partial charge in [0, 0.05) is 0 Å². The maximum absolute atomic E-state index is 2.32. The molecule has 6 aromatic rings. The maximum atomic E-state index is 2.32. The van der Waals surface area contributed by atoms with Crippen LogP contribution in [0, 0.1) is 0 Å². The van der Waals surface area contributed by atoms with Gasteiger partial charge in [0.15, 0.2) is 0 Å². The van der Waals surface area contributed by atoms with Crippen LogP contribution in [-0.4, -0.2) is 12.3 Å². The highest BCUT2D eigenvalue weighted by atomic mass is 31.2. The third-order valence-electron chi connectivity index (χ3n) is 9.03. The summed E-state index contributed by atoms with van der Waals surface area (Å²) in [7, 11) is -3.84. The molecule has 0 N–H and O–H groups in total. The summed E-state index contributed by atoms with van der Waals surface area (Å²) in [6, 6.07) is 66.9. The van der Waals surface area contributed by atoms with Crippen LogP contribution >= 0.6 is 14.5 Å². The minimum atomic E-state index is -1.92. The van der Waals surface area contributed by atoms with Crippen LogP contribution in [0.4, 0.5) is 0 Å². The second-order valence-corrected chi connectivity index (χ2v) is 19.3. The Bertz CT molecular complexity index is 1610.